The lowest BCUT2D eigenvalue weighted by molar-refractivity contribution is 0.225. The van der Waals surface area contributed by atoms with Gasteiger partial charge in [0.05, 0.1) is 23.1 Å². The number of nitrogens with one attached hydrogen (secondary N) is 1. The molecule has 0 saturated carbocycles. The molecule has 0 amide bonds. The molecule has 0 bridgehead atoms. The van der Waals surface area contributed by atoms with Gasteiger partial charge in [-0.25, -0.2) is 18.5 Å². The van der Waals surface area contributed by atoms with Crippen molar-refractivity contribution in [2.75, 3.05) is 18.1 Å². The molecule has 1 aliphatic heterocycles. The molecule has 1 aliphatic rings. The zero-order valence-corrected chi connectivity index (χ0v) is 15.0. The summed E-state index contributed by atoms with van der Waals surface area (Å²) >= 11 is 0. The van der Waals surface area contributed by atoms with Gasteiger partial charge >= 0.3 is 0 Å². The van der Waals surface area contributed by atoms with Gasteiger partial charge in [-0.05, 0) is 35.4 Å². The number of anilines is 1. The Morgan fingerprint density at radius 1 is 1.30 bits per heavy atom. The van der Waals surface area contributed by atoms with E-state index in [2.05, 4.69) is 25.6 Å². The number of sulfonamides is 1. The van der Waals surface area contributed by atoms with E-state index in [9.17, 15) is 13.5 Å². The molecule has 11 heteroatoms. The number of hydrogen-bond donors (Lipinski definition) is 3. The van der Waals surface area contributed by atoms with Crippen LogP contribution in [0, 0.1) is 0 Å². The van der Waals surface area contributed by atoms with Crippen LogP contribution in [0.3, 0.4) is 0 Å². The average Bonchev–Trinajstić information content (AvgIpc) is 3.15. The third-order valence-electron chi connectivity index (χ3n) is 4.61. The molecule has 3 aromatic rings. The van der Waals surface area contributed by atoms with Crippen LogP contribution in [0.15, 0.2) is 41.4 Å². The van der Waals surface area contributed by atoms with E-state index >= 15 is 0 Å². The maximum Gasteiger partial charge on any atom is 0.238 e. The number of tetrazole rings is 1. The second-order valence-electron chi connectivity index (χ2n) is 6.18. The van der Waals surface area contributed by atoms with Crippen molar-refractivity contribution in [1.29, 1.82) is 0 Å². The van der Waals surface area contributed by atoms with Gasteiger partial charge in [-0.3, -0.25) is 0 Å². The van der Waals surface area contributed by atoms with Crippen molar-refractivity contribution in [3.8, 4) is 22.5 Å². The Kier molecular flexibility index (Phi) is 4.34. The fraction of sp³-hybridized carbons (Fsp3) is 0.250. The number of H-pyrrole nitrogens is 1. The van der Waals surface area contributed by atoms with E-state index in [0.717, 1.165) is 18.8 Å². The quantitative estimate of drug-likeness (QED) is 0.559. The van der Waals surface area contributed by atoms with Gasteiger partial charge in [-0.2, -0.15) is 5.21 Å². The minimum Gasteiger partial charge on any atom is -0.394 e. The van der Waals surface area contributed by atoms with Gasteiger partial charge in [0.2, 0.25) is 15.8 Å². The molecule has 4 rings (SSSR count). The van der Waals surface area contributed by atoms with E-state index in [4.69, 9.17) is 5.14 Å². The summed E-state index contributed by atoms with van der Waals surface area (Å²) in [4.78, 5) is 6.39. The Balaban J connectivity index is 1.80. The fourth-order valence-corrected chi connectivity index (χ4v) is 3.91. The summed E-state index contributed by atoms with van der Waals surface area (Å²) in [6, 6.07) is 8.50. The van der Waals surface area contributed by atoms with Gasteiger partial charge in [0.15, 0.2) is 0 Å². The maximum atomic E-state index is 12.0. The van der Waals surface area contributed by atoms with E-state index in [1.165, 1.54) is 6.07 Å². The third kappa shape index (κ3) is 3.16. The highest BCUT2D eigenvalue weighted by Crippen LogP contribution is 2.35. The fourth-order valence-electron chi connectivity index (χ4n) is 3.15. The number of rotatable bonds is 5. The standard InChI is InChI=1S/C16H17N7O3S/c17-27(25,26)13-3-1-2-12(15(13)16-19-21-22-20-16)10-4-5-14(18-8-10)23-7-6-11(23)9-24/h1-5,8,11,24H,6-7,9H2,(H2,17,25,26)(H,19,20,21,22). The van der Waals surface area contributed by atoms with Crippen molar-refractivity contribution in [3.63, 3.8) is 0 Å². The molecule has 0 aliphatic carbocycles. The first-order chi connectivity index (χ1) is 13.0. The van der Waals surface area contributed by atoms with Gasteiger partial charge < -0.3 is 10.0 Å². The lowest BCUT2D eigenvalue weighted by Gasteiger charge is -2.40. The number of primary sulfonamides is 1. The monoisotopic (exact) mass is 387 g/mol. The summed E-state index contributed by atoms with van der Waals surface area (Å²) in [5.41, 5.74) is 1.52. The maximum absolute atomic E-state index is 12.0. The first kappa shape index (κ1) is 17.5. The lowest BCUT2D eigenvalue weighted by Crippen LogP contribution is -2.50. The lowest BCUT2D eigenvalue weighted by atomic mass is 10.00. The molecule has 10 nitrogen and oxygen atoms in total. The van der Waals surface area contributed by atoms with E-state index in [-0.39, 0.29) is 28.9 Å². The van der Waals surface area contributed by atoms with E-state index in [1.807, 2.05) is 17.0 Å². The predicted octanol–water partition coefficient (Wildman–Crippen LogP) is 0.147. The van der Waals surface area contributed by atoms with Crippen molar-refractivity contribution < 1.29 is 13.5 Å². The highest BCUT2D eigenvalue weighted by Gasteiger charge is 2.28. The molecule has 1 fully saturated rings. The molecule has 1 aromatic carbocycles. The number of aromatic nitrogens is 5. The van der Waals surface area contributed by atoms with Crippen LogP contribution >= 0.6 is 0 Å². The predicted molar refractivity (Wildman–Crippen MR) is 97.1 cm³/mol. The van der Waals surface area contributed by atoms with E-state index < -0.39 is 10.0 Å². The first-order valence-electron chi connectivity index (χ1n) is 8.22. The molecule has 2 aromatic heterocycles. The Morgan fingerprint density at radius 3 is 2.70 bits per heavy atom. The second kappa shape index (κ2) is 6.68. The van der Waals surface area contributed by atoms with Crippen molar-refractivity contribution in [2.24, 2.45) is 5.14 Å². The van der Waals surface area contributed by atoms with Crippen LogP contribution in [0.5, 0.6) is 0 Å². The number of benzene rings is 1. The molecule has 140 valence electrons. The Morgan fingerprint density at radius 2 is 2.15 bits per heavy atom. The molecular weight excluding hydrogens is 370 g/mol. The van der Waals surface area contributed by atoms with Crippen molar-refractivity contribution in [2.45, 2.75) is 17.4 Å². The van der Waals surface area contributed by atoms with Crippen molar-refractivity contribution in [1.82, 2.24) is 25.6 Å². The Bertz CT molecular complexity index is 1050. The normalized spacial score (nSPS) is 17.0. The largest absolute Gasteiger partial charge is 0.394 e. The number of nitrogens with zero attached hydrogens (tertiary/aromatic N) is 5. The van der Waals surface area contributed by atoms with Crippen molar-refractivity contribution in [3.05, 3.63) is 36.5 Å². The second-order valence-corrected chi connectivity index (χ2v) is 7.71. The summed E-state index contributed by atoms with van der Waals surface area (Å²) in [6.07, 6.45) is 2.58. The average molecular weight is 387 g/mol. The first-order valence-corrected chi connectivity index (χ1v) is 9.77. The zero-order valence-electron chi connectivity index (χ0n) is 14.1. The summed E-state index contributed by atoms with van der Waals surface area (Å²) in [5, 5.41) is 28.4. The molecule has 0 radical (unpaired) electrons. The molecule has 27 heavy (non-hydrogen) atoms. The number of hydrogen-bond acceptors (Lipinski definition) is 8. The van der Waals surface area contributed by atoms with Crippen LogP contribution in [-0.2, 0) is 10.0 Å². The van der Waals surface area contributed by atoms with Gasteiger partial charge in [0, 0.05) is 18.3 Å². The zero-order chi connectivity index (χ0) is 19.0. The molecule has 3 heterocycles. The van der Waals surface area contributed by atoms with Gasteiger partial charge in [-0.1, -0.05) is 12.1 Å². The molecule has 1 saturated heterocycles. The molecular formula is C16H17N7O3S. The van der Waals surface area contributed by atoms with Gasteiger partial charge in [0.1, 0.15) is 5.82 Å². The summed E-state index contributed by atoms with van der Waals surface area (Å²) in [6.45, 7) is 0.925. The number of aliphatic hydroxyl groups excluding tert-OH is 1. The number of pyridine rings is 1. The van der Waals surface area contributed by atoms with Gasteiger partial charge in [0.25, 0.3) is 0 Å². The van der Waals surface area contributed by atoms with Crippen LogP contribution in [0.25, 0.3) is 22.5 Å². The van der Waals surface area contributed by atoms with E-state index in [1.54, 1.807) is 18.3 Å². The highest BCUT2D eigenvalue weighted by molar-refractivity contribution is 7.89. The molecule has 1 unspecified atom stereocenters. The summed E-state index contributed by atoms with van der Waals surface area (Å²) < 4.78 is 24.1. The van der Waals surface area contributed by atoms with Crippen LogP contribution in [0.2, 0.25) is 0 Å². The molecule has 4 N–H and O–H groups in total. The summed E-state index contributed by atoms with van der Waals surface area (Å²) in [5.74, 6) is 0.884. The number of aromatic amines is 1. The third-order valence-corrected chi connectivity index (χ3v) is 5.56. The van der Waals surface area contributed by atoms with Crippen LogP contribution in [-0.4, -0.2) is 58.3 Å². The number of aliphatic hydroxyl groups is 1. The summed E-state index contributed by atoms with van der Waals surface area (Å²) in [7, 11) is -4.00. The van der Waals surface area contributed by atoms with Crippen LogP contribution in [0.1, 0.15) is 6.42 Å². The Labute approximate surface area is 155 Å². The van der Waals surface area contributed by atoms with E-state index in [0.29, 0.717) is 11.1 Å². The SMILES string of the molecule is NS(=O)(=O)c1cccc(-c2ccc(N3CCC3CO)nc2)c1-c1nn[nH]n1. The highest BCUT2D eigenvalue weighted by atomic mass is 32.2. The van der Waals surface area contributed by atoms with Gasteiger partial charge in [-0.15, -0.1) is 10.2 Å². The molecule has 1 atom stereocenters. The molecule has 0 spiro atoms. The van der Waals surface area contributed by atoms with Crippen LogP contribution < -0.4 is 10.0 Å². The van der Waals surface area contributed by atoms with Crippen molar-refractivity contribution >= 4 is 15.8 Å². The smallest absolute Gasteiger partial charge is 0.238 e. The minimum atomic E-state index is -4.00. The minimum absolute atomic E-state index is 0.0851. The number of nitrogens with two attached hydrogens (primary N) is 1. The Hall–Kier alpha value is -2.89. The topological polar surface area (TPSA) is 151 Å². The van der Waals surface area contributed by atoms with Crippen LogP contribution in [0.4, 0.5) is 5.82 Å².